The van der Waals surface area contributed by atoms with Crippen LogP contribution in [-0.2, 0) is 0 Å². The van der Waals surface area contributed by atoms with Crippen LogP contribution in [0.3, 0.4) is 0 Å². The molecule has 1 aliphatic carbocycles. The molecule has 0 amide bonds. The summed E-state index contributed by atoms with van der Waals surface area (Å²) in [5.74, 6) is 1.71. The Bertz CT molecular complexity index is 154. The summed E-state index contributed by atoms with van der Waals surface area (Å²) in [7, 11) is 5.27. The molecule has 0 aliphatic heterocycles. The van der Waals surface area contributed by atoms with Gasteiger partial charge in [0, 0.05) is 0 Å². The second-order valence-corrected chi connectivity index (χ2v) is 2.23. The molecule has 0 spiro atoms. The molecule has 1 rings (SSSR count). The van der Waals surface area contributed by atoms with Gasteiger partial charge < -0.3 is 0 Å². The molecule has 0 heterocycles. The van der Waals surface area contributed by atoms with E-state index >= 15 is 0 Å². The molecule has 0 aromatic rings. The second-order valence-electron chi connectivity index (χ2n) is 2.23. The molecule has 1 radical (unpaired) electrons. The van der Waals surface area contributed by atoms with E-state index in [4.69, 9.17) is 7.49 Å². The number of hydrogen-bond acceptors (Lipinski definition) is 0. The Morgan fingerprint density at radius 3 is 3.11 bits per heavy atom. The molecule has 0 aromatic heterocycles. The SMILES string of the molecule is [B]=CCC1=CC=CCC1. The van der Waals surface area contributed by atoms with Crippen LogP contribution in [0.5, 0.6) is 0 Å². The van der Waals surface area contributed by atoms with Crippen LogP contribution in [0.4, 0.5) is 0 Å². The fourth-order valence-electron chi connectivity index (χ4n) is 0.974. The topological polar surface area (TPSA) is 0 Å². The average Bonchev–Trinajstić information content (AvgIpc) is 1.91. The van der Waals surface area contributed by atoms with Crippen molar-refractivity contribution in [2.75, 3.05) is 0 Å². The predicted octanol–water partition coefficient (Wildman–Crippen LogP) is 1.62. The van der Waals surface area contributed by atoms with Crippen LogP contribution in [0.15, 0.2) is 23.8 Å². The molecule has 0 unspecified atom stereocenters. The van der Waals surface area contributed by atoms with Crippen LogP contribution in [0, 0.1) is 0 Å². The fourth-order valence-corrected chi connectivity index (χ4v) is 0.974. The second kappa shape index (κ2) is 3.44. The Kier molecular flexibility index (Phi) is 2.50. The van der Waals surface area contributed by atoms with Crippen molar-refractivity contribution in [3.63, 3.8) is 0 Å². The average molecular weight is 117 g/mol. The Labute approximate surface area is 57.3 Å². The first-order valence-electron chi connectivity index (χ1n) is 3.31. The molecule has 1 heteroatoms. The molecule has 0 aromatic carbocycles. The first kappa shape index (κ1) is 6.53. The van der Waals surface area contributed by atoms with Gasteiger partial charge >= 0.3 is 56.5 Å². The van der Waals surface area contributed by atoms with E-state index < -0.39 is 0 Å². The first-order valence-corrected chi connectivity index (χ1v) is 3.31. The summed E-state index contributed by atoms with van der Waals surface area (Å²) in [6.45, 7) is 0. The van der Waals surface area contributed by atoms with Crippen LogP contribution >= 0.6 is 0 Å². The van der Waals surface area contributed by atoms with E-state index in [1.165, 1.54) is 18.4 Å². The number of allylic oxidation sites excluding steroid dienone is 4. The number of rotatable bonds is 2. The van der Waals surface area contributed by atoms with E-state index in [1.807, 2.05) is 0 Å². The van der Waals surface area contributed by atoms with E-state index in [0.29, 0.717) is 0 Å². The minimum atomic E-state index is 0.949. The molecule has 45 valence electrons. The van der Waals surface area contributed by atoms with Gasteiger partial charge in [0.25, 0.3) is 0 Å². The summed E-state index contributed by atoms with van der Waals surface area (Å²) >= 11 is 0. The van der Waals surface area contributed by atoms with Crippen molar-refractivity contribution in [3.05, 3.63) is 23.8 Å². The summed E-state index contributed by atoms with van der Waals surface area (Å²) in [6.07, 6.45) is 9.74. The van der Waals surface area contributed by atoms with Crippen LogP contribution in [0.2, 0.25) is 0 Å². The van der Waals surface area contributed by atoms with Crippen molar-refractivity contribution in [3.8, 4) is 0 Å². The van der Waals surface area contributed by atoms with E-state index in [0.717, 1.165) is 6.42 Å². The molecule has 0 bridgehead atoms. The molecule has 1 aliphatic rings. The van der Waals surface area contributed by atoms with Gasteiger partial charge in [-0.3, -0.25) is 0 Å². The summed E-state index contributed by atoms with van der Waals surface area (Å²) in [4.78, 5) is 0. The van der Waals surface area contributed by atoms with E-state index in [2.05, 4.69) is 18.2 Å². The zero-order valence-electron chi connectivity index (χ0n) is 5.51. The van der Waals surface area contributed by atoms with Crippen molar-refractivity contribution in [1.82, 2.24) is 0 Å². The maximum absolute atomic E-state index is 5.27. The quantitative estimate of drug-likeness (QED) is 0.482. The third kappa shape index (κ3) is 2.00. The molecule has 0 N–H and O–H groups in total. The standard InChI is InChI=1S/C8H10B/c9-7-6-8-4-2-1-3-5-8/h1-2,4,7H,3,5-6H2. The van der Waals surface area contributed by atoms with Gasteiger partial charge in [-0.1, -0.05) is 0 Å². The van der Waals surface area contributed by atoms with Crippen LogP contribution in [-0.4, -0.2) is 13.5 Å². The van der Waals surface area contributed by atoms with Gasteiger partial charge in [0.05, 0.1) is 0 Å². The zero-order chi connectivity index (χ0) is 6.53. The van der Waals surface area contributed by atoms with Gasteiger partial charge in [-0.2, -0.15) is 0 Å². The minimum absolute atomic E-state index is 0.949. The Morgan fingerprint density at radius 2 is 2.56 bits per heavy atom. The molecule has 0 saturated carbocycles. The Morgan fingerprint density at radius 1 is 1.67 bits per heavy atom. The zero-order valence-corrected chi connectivity index (χ0v) is 5.51. The molecular weight excluding hydrogens is 107 g/mol. The Balaban J connectivity index is 2.47. The van der Waals surface area contributed by atoms with Crippen molar-refractivity contribution in [2.24, 2.45) is 0 Å². The van der Waals surface area contributed by atoms with Crippen molar-refractivity contribution in [2.45, 2.75) is 19.3 Å². The van der Waals surface area contributed by atoms with Crippen LogP contribution in [0.1, 0.15) is 19.3 Å². The third-order valence-corrected chi connectivity index (χ3v) is 1.48. The van der Waals surface area contributed by atoms with Gasteiger partial charge in [-0.25, -0.2) is 0 Å². The molecule has 0 saturated heterocycles. The summed E-state index contributed by atoms with van der Waals surface area (Å²) in [5.41, 5.74) is 1.44. The van der Waals surface area contributed by atoms with E-state index in [1.54, 1.807) is 5.97 Å². The van der Waals surface area contributed by atoms with Crippen LogP contribution < -0.4 is 0 Å². The molecule has 0 atom stereocenters. The van der Waals surface area contributed by atoms with Crippen LogP contribution in [0.25, 0.3) is 0 Å². The molecule has 0 fully saturated rings. The maximum atomic E-state index is 5.27. The monoisotopic (exact) mass is 117 g/mol. The Hall–Kier alpha value is -0.585. The van der Waals surface area contributed by atoms with Crippen molar-refractivity contribution < 1.29 is 0 Å². The van der Waals surface area contributed by atoms with Crippen molar-refractivity contribution >= 4 is 13.5 Å². The van der Waals surface area contributed by atoms with E-state index in [-0.39, 0.29) is 0 Å². The van der Waals surface area contributed by atoms with Gasteiger partial charge in [0.15, 0.2) is 0 Å². The normalized spacial score (nSPS) is 17.0. The van der Waals surface area contributed by atoms with Gasteiger partial charge in [0.1, 0.15) is 0 Å². The third-order valence-electron chi connectivity index (χ3n) is 1.48. The van der Waals surface area contributed by atoms with Crippen molar-refractivity contribution in [1.29, 1.82) is 0 Å². The molecular formula is C8H10B. The summed E-state index contributed by atoms with van der Waals surface area (Å²) < 4.78 is 0. The van der Waals surface area contributed by atoms with Gasteiger partial charge in [0.2, 0.25) is 0 Å². The first-order chi connectivity index (χ1) is 4.43. The summed E-state index contributed by atoms with van der Waals surface area (Å²) in [6, 6.07) is 0. The van der Waals surface area contributed by atoms with Gasteiger partial charge in [-0.15, -0.1) is 0 Å². The predicted molar refractivity (Wildman–Crippen MR) is 42.9 cm³/mol. The summed E-state index contributed by atoms with van der Waals surface area (Å²) in [5, 5.41) is 0. The molecule has 9 heavy (non-hydrogen) atoms. The van der Waals surface area contributed by atoms with E-state index in [9.17, 15) is 0 Å². The van der Waals surface area contributed by atoms with Gasteiger partial charge in [-0.05, 0) is 0 Å². The number of hydrogen-bond donors (Lipinski definition) is 0. The fraction of sp³-hybridized carbons (Fsp3) is 0.375. The molecule has 0 nitrogen and oxygen atoms in total.